The molecule has 0 saturated heterocycles. The molecule has 0 aliphatic rings. The Labute approximate surface area is 94.8 Å². The molecule has 0 radical (unpaired) electrons. The molecule has 1 N–H and O–H groups in total. The molecular formula is C10H11BrF3N. The average molecular weight is 282 g/mol. The Balaban J connectivity index is 2.95. The molecule has 0 aliphatic carbocycles. The number of hydrogen-bond donors (Lipinski definition) is 1. The molecule has 5 heteroatoms. The minimum atomic E-state index is -4.28. The number of rotatable bonds is 3. The highest BCUT2D eigenvalue weighted by Crippen LogP contribution is 2.32. The Morgan fingerprint density at radius 3 is 2.47 bits per heavy atom. The Bertz CT molecular complexity index is 336. The molecule has 0 fully saturated rings. The molecule has 1 aromatic carbocycles. The quantitative estimate of drug-likeness (QED) is 0.897. The summed E-state index contributed by atoms with van der Waals surface area (Å²) in [4.78, 5) is 0. The van der Waals surface area contributed by atoms with Gasteiger partial charge in [-0.3, -0.25) is 0 Å². The molecule has 0 amide bonds. The molecule has 0 aromatic heterocycles. The third kappa shape index (κ3) is 3.83. The van der Waals surface area contributed by atoms with Crippen molar-refractivity contribution in [3.63, 3.8) is 0 Å². The predicted molar refractivity (Wildman–Crippen MR) is 56.8 cm³/mol. The van der Waals surface area contributed by atoms with Crippen molar-refractivity contribution in [2.75, 3.05) is 13.6 Å². The van der Waals surface area contributed by atoms with E-state index in [-0.39, 0.29) is 0 Å². The third-order valence-corrected chi connectivity index (χ3v) is 2.41. The first-order chi connectivity index (χ1) is 6.93. The van der Waals surface area contributed by atoms with Gasteiger partial charge in [-0.15, -0.1) is 0 Å². The smallest absolute Gasteiger partial charge is 0.319 e. The fourth-order valence-electron chi connectivity index (χ4n) is 1.23. The molecule has 1 aromatic rings. The van der Waals surface area contributed by atoms with E-state index in [1.165, 1.54) is 6.07 Å². The number of likely N-dealkylation sites (N-methyl/N-ethyl adjacent to an activating group) is 1. The van der Waals surface area contributed by atoms with Crippen molar-refractivity contribution in [2.45, 2.75) is 12.6 Å². The van der Waals surface area contributed by atoms with Crippen LogP contribution >= 0.6 is 15.9 Å². The lowest BCUT2D eigenvalue weighted by Crippen LogP contribution is -2.11. The van der Waals surface area contributed by atoms with Gasteiger partial charge in [0.05, 0.1) is 5.56 Å². The second-order valence-corrected chi connectivity index (χ2v) is 4.12. The lowest BCUT2D eigenvalue weighted by molar-refractivity contribution is -0.137. The first-order valence-electron chi connectivity index (χ1n) is 4.45. The number of halogens is 4. The van der Waals surface area contributed by atoms with E-state index in [4.69, 9.17) is 0 Å². The second kappa shape index (κ2) is 4.99. The van der Waals surface area contributed by atoms with Crippen molar-refractivity contribution in [1.82, 2.24) is 5.32 Å². The maximum atomic E-state index is 12.4. The SMILES string of the molecule is CNCCc1cc(Br)cc(C(F)(F)F)c1. The van der Waals surface area contributed by atoms with Crippen LogP contribution in [0.1, 0.15) is 11.1 Å². The first-order valence-corrected chi connectivity index (χ1v) is 5.24. The molecule has 15 heavy (non-hydrogen) atoms. The van der Waals surface area contributed by atoms with E-state index in [0.29, 0.717) is 23.0 Å². The highest BCUT2D eigenvalue weighted by Gasteiger charge is 2.30. The van der Waals surface area contributed by atoms with Crippen molar-refractivity contribution >= 4 is 15.9 Å². The third-order valence-electron chi connectivity index (χ3n) is 1.95. The highest BCUT2D eigenvalue weighted by atomic mass is 79.9. The average Bonchev–Trinajstić information content (AvgIpc) is 2.12. The summed E-state index contributed by atoms with van der Waals surface area (Å²) in [7, 11) is 1.77. The predicted octanol–water partition coefficient (Wildman–Crippen LogP) is 3.23. The molecule has 0 atom stereocenters. The normalized spacial score (nSPS) is 11.8. The molecule has 1 rings (SSSR count). The summed E-state index contributed by atoms with van der Waals surface area (Å²) >= 11 is 3.08. The Morgan fingerprint density at radius 2 is 1.93 bits per heavy atom. The molecule has 0 spiro atoms. The van der Waals surface area contributed by atoms with E-state index in [1.54, 1.807) is 13.1 Å². The summed E-state index contributed by atoms with van der Waals surface area (Å²) in [5.74, 6) is 0. The van der Waals surface area contributed by atoms with Crippen LogP contribution in [0.4, 0.5) is 13.2 Å². The number of benzene rings is 1. The fraction of sp³-hybridized carbons (Fsp3) is 0.400. The van der Waals surface area contributed by atoms with Crippen molar-refractivity contribution in [3.05, 3.63) is 33.8 Å². The minimum Gasteiger partial charge on any atom is -0.319 e. The first kappa shape index (κ1) is 12.5. The van der Waals surface area contributed by atoms with Gasteiger partial charge in [-0.1, -0.05) is 15.9 Å². The standard InChI is InChI=1S/C10H11BrF3N/c1-15-3-2-7-4-8(10(12,13)14)6-9(11)5-7/h4-6,15H,2-3H2,1H3. The van der Waals surface area contributed by atoms with E-state index in [9.17, 15) is 13.2 Å². The van der Waals surface area contributed by atoms with Gasteiger partial charge in [0, 0.05) is 4.47 Å². The largest absolute Gasteiger partial charge is 0.416 e. The molecule has 0 unspecified atom stereocenters. The molecular weight excluding hydrogens is 271 g/mol. The summed E-state index contributed by atoms with van der Waals surface area (Å²) in [6.45, 7) is 0.660. The Hall–Kier alpha value is -0.550. The van der Waals surface area contributed by atoms with E-state index >= 15 is 0 Å². The zero-order chi connectivity index (χ0) is 11.5. The number of alkyl halides is 3. The van der Waals surface area contributed by atoms with Crippen molar-refractivity contribution in [2.24, 2.45) is 0 Å². The van der Waals surface area contributed by atoms with E-state index in [0.717, 1.165) is 6.07 Å². The molecule has 0 saturated carbocycles. The topological polar surface area (TPSA) is 12.0 Å². The molecule has 84 valence electrons. The second-order valence-electron chi connectivity index (χ2n) is 3.20. The van der Waals surface area contributed by atoms with Gasteiger partial charge in [0.1, 0.15) is 0 Å². The van der Waals surface area contributed by atoms with Crippen LogP contribution in [0.5, 0.6) is 0 Å². The Kier molecular flexibility index (Phi) is 4.16. The van der Waals surface area contributed by atoms with Gasteiger partial charge in [0.2, 0.25) is 0 Å². The van der Waals surface area contributed by atoms with E-state index < -0.39 is 11.7 Å². The van der Waals surface area contributed by atoms with Crippen LogP contribution in [0.2, 0.25) is 0 Å². The van der Waals surface area contributed by atoms with Gasteiger partial charge in [0.15, 0.2) is 0 Å². The molecule has 0 aliphatic heterocycles. The van der Waals surface area contributed by atoms with Crippen LogP contribution in [0.15, 0.2) is 22.7 Å². The van der Waals surface area contributed by atoms with Gasteiger partial charge in [-0.2, -0.15) is 13.2 Å². The summed E-state index contributed by atoms with van der Waals surface area (Å²) < 4.78 is 37.8. The molecule has 0 bridgehead atoms. The van der Waals surface area contributed by atoms with Crippen LogP contribution in [-0.2, 0) is 12.6 Å². The van der Waals surface area contributed by atoms with Crippen molar-refractivity contribution < 1.29 is 13.2 Å². The summed E-state index contributed by atoms with van der Waals surface area (Å²) in [5, 5.41) is 2.90. The summed E-state index contributed by atoms with van der Waals surface area (Å²) in [6.07, 6.45) is -3.70. The maximum Gasteiger partial charge on any atom is 0.416 e. The van der Waals surface area contributed by atoms with Gasteiger partial charge < -0.3 is 5.32 Å². The molecule has 0 heterocycles. The zero-order valence-corrected chi connectivity index (χ0v) is 9.74. The van der Waals surface area contributed by atoms with E-state index in [1.807, 2.05) is 0 Å². The van der Waals surface area contributed by atoms with E-state index in [2.05, 4.69) is 21.2 Å². The zero-order valence-electron chi connectivity index (χ0n) is 8.16. The van der Waals surface area contributed by atoms with Crippen molar-refractivity contribution in [3.8, 4) is 0 Å². The fourth-order valence-corrected chi connectivity index (χ4v) is 1.77. The van der Waals surface area contributed by atoms with Crippen LogP contribution in [0.3, 0.4) is 0 Å². The lowest BCUT2D eigenvalue weighted by atomic mass is 10.1. The summed E-state index contributed by atoms with van der Waals surface area (Å²) in [6, 6.07) is 3.97. The van der Waals surface area contributed by atoms with Crippen LogP contribution in [0.25, 0.3) is 0 Å². The van der Waals surface area contributed by atoms with Gasteiger partial charge in [-0.05, 0) is 43.8 Å². The van der Waals surface area contributed by atoms with Crippen LogP contribution in [0, 0.1) is 0 Å². The highest BCUT2D eigenvalue weighted by molar-refractivity contribution is 9.10. The maximum absolute atomic E-state index is 12.4. The number of hydrogen-bond acceptors (Lipinski definition) is 1. The van der Waals surface area contributed by atoms with Crippen LogP contribution < -0.4 is 5.32 Å². The summed E-state index contributed by atoms with van der Waals surface area (Å²) in [5.41, 5.74) is 0.0639. The molecule has 1 nitrogen and oxygen atoms in total. The monoisotopic (exact) mass is 281 g/mol. The van der Waals surface area contributed by atoms with Gasteiger partial charge >= 0.3 is 6.18 Å². The lowest BCUT2D eigenvalue weighted by Gasteiger charge is -2.09. The number of nitrogens with one attached hydrogen (secondary N) is 1. The van der Waals surface area contributed by atoms with Gasteiger partial charge in [-0.25, -0.2) is 0 Å². The van der Waals surface area contributed by atoms with Gasteiger partial charge in [0.25, 0.3) is 0 Å². The minimum absolute atomic E-state index is 0.462. The van der Waals surface area contributed by atoms with Crippen LogP contribution in [-0.4, -0.2) is 13.6 Å². The Morgan fingerprint density at radius 1 is 1.27 bits per heavy atom. The van der Waals surface area contributed by atoms with Crippen molar-refractivity contribution in [1.29, 1.82) is 0 Å².